The molecular weight excluding hydrogens is 450 g/mol. The van der Waals surface area contributed by atoms with E-state index in [0.717, 1.165) is 49.8 Å². The lowest BCUT2D eigenvalue weighted by molar-refractivity contribution is 0.102. The Labute approximate surface area is 211 Å². The highest BCUT2D eigenvalue weighted by atomic mass is 16.1. The maximum absolute atomic E-state index is 12.9. The van der Waals surface area contributed by atoms with Crippen LogP contribution in [0.15, 0.2) is 55.1 Å². The molecule has 0 spiro atoms. The van der Waals surface area contributed by atoms with Gasteiger partial charge in [-0.2, -0.15) is 0 Å². The van der Waals surface area contributed by atoms with Crippen molar-refractivity contribution in [1.29, 1.82) is 0 Å². The van der Waals surface area contributed by atoms with E-state index in [1.807, 2.05) is 35.7 Å². The number of fused-ring (bicyclic) bond motifs is 1. The topological polar surface area (TPSA) is 78.7 Å². The number of imidazole rings is 1. The van der Waals surface area contributed by atoms with E-state index in [9.17, 15) is 4.79 Å². The third-order valence-electron chi connectivity index (χ3n) is 6.44. The molecular formula is C28H29N7O. The molecule has 1 N–H and O–H groups in total. The number of benzene rings is 1. The van der Waals surface area contributed by atoms with Crippen molar-refractivity contribution in [2.24, 2.45) is 0 Å². The summed E-state index contributed by atoms with van der Waals surface area (Å²) in [4.78, 5) is 30.6. The van der Waals surface area contributed by atoms with Gasteiger partial charge in [0, 0.05) is 68.3 Å². The quantitative estimate of drug-likeness (QED) is 0.453. The highest BCUT2D eigenvalue weighted by Crippen LogP contribution is 2.19. The Morgan fingerprint density at radius 1 is 1.03 bits per heavy atom. The number of hydrogen-bond donors (Lipinski definition) is 1. The molecule has 1 saturated heterocycles. The minimum atomic E-state index is -0.216. The van der Waals surface area contributed by atoms with Crippen LogP contribution in [-0.4, -0.2) is 68.3 Å². The first-order valence-corrected chi connectivity index (χ1v) is 12.0. The average Bonchev–Trinajstić information content (AvgIpc) is 3.27. The first kappa shape index (κ1) is 23.7. The number of carbonyl (C=O) groups is 1. The van der Waals surface area contributed by atoms with Crippen molar-refractivity contribution in [3.05, 3.63) is 88.8 Å². The molecule has 36 heavy (non-hydrogen) atoms. The summed E-state index contributed by atoms with van der Waals surface area (Å²) < 4.78 is 1.83. The van der Waals surface area contributed by atoms with Crippen molar-refractivity contribution >= 4 is 17.4 Å². The Bertz CT molecular complexity index is 1470. The summed E-state index contributed by atoms with van der Waals surface area (Å²) in [6, 6.07) is 9.76. The number of pyridine rings is 1. The maximum Gasteiger partial charge on any atom is 0.257 e. The van der Waals surface area contributed by atoms with Crippen molar-refractivity contribution in [1.82, 2.24) is 29.2 Å². The van der Waals surface area contributed by atoms with Gasteiger partial charge in [0.2, 0.25) is 5.78 Å². The first-order valence-electron chi connectivity index (χ1n) is 12.0. The second kappa shape index (κ2) is 10.3. The van der Waals surface area contributed by atoms with Crippen molar-refractivity contribution in [3.63, 3.8) is 0 Å². The smallest absolute Gasteiger partial charge is 0.257 e. The zero-order valence-electron chi connectivity index (χ0n) is 20.8. The van der Waals surface area contributed by atoms with Gasteiger partial charge in [0.1, 0.15) is 5.69 Å². The van der Waals surface area contributed by atoms with Crippen molar-refractivity contribution < 1.29 is 4.79 Å². The molecule has 3 aromatic heterocycles. The van der Waals surface area contributed by atoms with Crippen molar-refractivity contribution in [2.45, 2.75) is 20.4 Å². The summed E-state index contributed by atoms with van der Waals surface area (Å²) in [6.45, 7) is 9.30. The van der Waals surface area contributed by atoms with Crippen LogP contribution in [0.3, 0.4) is 0 Å². The van der Waals surface area contributed by atoms with E-state index in [4.69, 9.17) is 0 Å². The molecule has 8 heteroatoms. The van der Waals surface area contributed by atoms with Crippen LogP contribution < -0.4 is 5.32 Å². The van der Waals surface area contributed by atoms with Gasteiger partial charge in [0.05, 0.1) is 11.8 Å². The van der Waals surface area contributed by atoms with Crippen LogP contribution in [0.25, 0.3) is 5.78 Å². The number of anilines is 1. The Morgan fingerprint density at radius 3 is 2.67 bits per heavy atom. The molecule has 1 aliphatic rings. The zero-order chi connectivity index (χ0) is 25.1. The van der Waals surface area contributed by atoms with E-state index in [0.29, 0.717) is 16.9 Å². The molecule has 1 aliphatic heterocycles. The van der Waals surface area contributed by atoms with Crippen LogP contribution in [0.5, 0.6) is 0 Å². The molecule has 0 unspecified atom stereocenters. The van der Waals surface area contributed by atoms with Crippen LogP contribution in [0.4, 0.5) is 5.69 Å². The number of likely N-dealkylation sites (N-methyl/N-ethyl adjacent to an activating group) is 1. The molecule has 8 nitrogen and oxygen atoms in total. The molecule has 0 atom stereocenters. The molecule has 0 aliphatic carbocycles. The summed E-state index contributed by atoms with van der Waals surface area (Å²) in [5, 5.41) is 2.99. The van der Waals surface area contributed by atoms with Gasteiger partial charge in [-0.1, -0.05) is 12.0 Å². The lowest BCUT2D eigenvalue weighted by Crippen LogP contribution is -2.43. The van der Waals surface area contributed by atoms with Gasteiger partial charge in [-0.25, -0.2) is 9.97 Å². The lowest BCUT2D eigenvalue weighted by atomic mass is 10.1. The SMILES string of the molecule is Cc1ccn2c(C#Cc3cncc(C(=O)Nc4ccc(CN5CCN(C)CC5)c(C)c4)c3)cnc2n1. The van der Waals surface area contributed by atoms with Gasteiger partial charge in [0.25, 0.3) is 5.91 Å². The van der Waals surface area contributed by atoms with Crippen LogP contribution in [0, 0.1) is 25.7 Å². The Morgan fingerprint density at radius 2 is 1.86 bits per heavy atom. The summed E-state index contributed by atoms with van der Waals surface area (Å²) >= 11 is 0. The van der Waals surface area contributed by atoms with Gasteiger partial charge < -0.3 is 10.2 Å². The molecule has 182 valence electrons. The third kappa shape index (κ3) is 5.43. The molecule has 1 aromatic carbocycles. The monoisotopic (exact) mass is 479 g/mol. The molecule has 0 bridgehead atoms. The lowest BCUT2D eigenvalue weighted by Gasteiger charge is -2.32. The normalized spacial score (nSPS) is 14.4. The number of nitrogens with one attached hydrogen (secondary N) is 1. The molecule has 4 aromatic rings. The summed E-state index contributed by atoms with van der Waals surface area (Å²) in [6.07, 6.45) is 6.78. The van der Waals surface area contributed by atoms with Crippen LogP contribution in [0.2, 0.25) is 0 Å². The number of rotatable bonds is 4. The fourth-order valence-electron chi connectivity index (χ4n) is 4.22. The number of nitrogens with zero attached hydrogens (tertiary/aromatic N) is 6. The zero-order valence-corrected chi connectivity index (χ0v) is 20.8. The van der Waals surface area contributed by atoms with E-state index >= 15 is 0 Å². The summed E-state index contributed by atoms with van der Waals surface area (Å²) in [7, 11) is 2.16. The van der Waals surface area contributed by atoms with Crippen LogP contribution in [-0.2, 0) is 6.54 Å². The highest BCUT2D eigenvalue weighted by Gasteiger charge is 2.15. The average molecular weight is 480 g/mol. The van der Waals surface area contributed by atoms with E-state index in [2.05, 4.69) is 61.9 Å². The molecule has 1 amide bonds. The second-order valence-electron chi connectivity index (χ2n) is 9.27. The van der Waals surface area contributed by atoms with Gasteiger partial charge in [-0.05, 0) is 62.2 Å². The van der Waals surface area contributed by atoms with E-state index in [1.165, 1.54) is 11.1 Å². The number of amides is 1. The number of carbonyl (C=O) groups excluding carboxylic acids is 1. The molecule has 5 rings (SSSR count). The minimum Gasteiger partial charge on any atom is -0.322 e. The Hall–Kier alpha value is -4.06. The highest BCUT2D eigenvalue weighted by molar-refractivity contribution is 6.04. The molecule has 1 fully saturated rings. The van der Waals surface area contributed by atoms with Crippen LogP contribution in [0.1, 0.15) is 38.4 Å². The predicted molar refractivity (Wildman–Crippen MR) is 140 cm³/mol. The second-order valence-corrected chi connectivity index (χ2v) is 9.27. The van der Waals surface area contributed by atoms with E-state index in [-0.39, 0.29) is 5.91 Å². The maximum atomic E-state index is 12.9. The largest absolute Gasteiger partial charge is 0.322 e. The Kier molecular flexibility index (Phi) is 6.76. The summed E-state index contributed by atoms with van der Waals surface area (Å²) in [5.41, 5.74) is 5.95. The number of aryl methyl sites for hydroxylation is 2. The molecule has 4 heterocycles. The van der Waals surface area contributed by atoms with Crippen LogP contribution >= 0.6 is 0 Å². The molecule has 0 radical (unpaired) electrons. The van der Waals surface area contributed by atoms with Gasteiger partial charge in [-0.3, -0.25) is 19.1 Å². The fourth-order valence-corrected chi connectivity index (χ4v) is 4.22. The standard InChI is InChI=1S/C28H29N7O/c1-20-14-25(6-5-23(20)19-34-12-10-33(3)11-13-34)32-27(36)24-15-22(16-29-17-24)4-7-26-18-30-28-31-21(2)8-9-35(26)28/h5-6,8-9,14-18H,10-13,19H2,1-3H3,(H,32,36). The van der Waals surface area contributed by atoms with Gasteiger partial charge in [0.15, 0.2) is 0 Å². The number of aromatic nitrogens is 4. The van der Waals surface area contributed by atoms with Gasteiger partial charge >= 0.3 is 0 Å². The minimum absolute atomic E-state index is 0.216. The molecule has 0 saturated carbocycles. The van der Waals surface area contributed by atoms with E-state index in [1.54, 1.807) is 24.7 Å². The van der Waals surface area contributed by atoms with Gasteiger partial charge in [-0.15, -0.1) is 0 Å². The third-order valence-corrected chi connectivity index (χ3v) is 6.44. The predicted octanol–water partition coefficient (Wildman–Crippen LogP) is 3.14. The number of hydrogen-bond acceptors (Lipinski definition) is 6. The Balaban J connectivity index is 1.26. The van der Waals surface area contributed by atoms with E-state index < -0.39 is 0 Å². The van der Waals surface area contributed by atoms with Crippen molar-refractivity contribution in [2.75, 3.05) is 38.5 Å². The first-order chi connectivity index (χ1) is 17.4. The number of piperazine rings is 1. The van der Waals surface area contributed by atoms with Crippen molar-refractivity contribution in [3.8, 4) is 11.8 Å². The fraction of sp³-hybridized carbons (Fsp3) is 0.286. The summed E-state index contributed by atoms with van der Waals surface area (Å²) in [5.74, 6) is 6.57.